The fourth-order valence-corrected chi connectivity index (χ4v) is 4.19. The second kappa shape index (κ2) is 4.66. The summed E-state index contributed by atoms with van der Waals surface area (Å²) in [5.74, 6) is 0. The molecule has 108 valence electrons. The number of nitrogens with two attached hydrogens (primary N) is 1. The van der Waals surface area contributed by atoms with Gasteiger partial charge in [-0.1, -0.05) is 6.07 Å². The summed E-state index contributed by atoms with van der Waals surface area (Å²) >= 11 is 0. The highest BCUT2D eigenvalue weighted by Gasteiger charge is 2.44. The van der Waals surface area contributed by atoms with Gasteiger partial charge in [-0.2, -0.15) is 0 Å². The van der Waals surface area contributed by atoms with Gasteiger partial charge >= 0.3 is 0 Å². The molecule has 2 fully saturated rings. The molecule has 0 bridgehead atoms. The van der Waals surface area contributed by atoms with Crippen LogP contribution in [0, 0.1) is 0 Å². The molecule has 2 aliphatic heterocycles. The Labute approximate surface area is 121 Å². The third-order valence-corrected chi connectivity index (χ3v) is 5.44. The number of benzene rings is 1. The molecule has 1 aromatic rings. The second-order valence-electron chi connectivity index (χ2n) is 6.72. The van der Waals surface area contributed by atoms with Gasteiger partial charge in [0.1, 0.15) is 0 Å². The summed E-state index contributed by atoms with van der Waals surface area (Å²) in [5.41, 5.74) is 9.98. The van der Waals surface area contributed by atoms with Crippen molar-refractivity contribution in [1.29, 1.82) is 0 Å². The van der Waals surface area contributed by atoms with E-state index in [2.05, 4.69) is 17.0 Å². The zero-order valence-electron chi connectivity index (χ0n) is 12.1. The number of ether oxygens (including phenoxy) is 1. The van der Waals surface area contributed by atoms with Crippen molar-refractivity contribution in [2.45, 2.75) is 56.6 Å². The smallest absolute Gasteiger partial charge is 0.0702 e. The summed E-state index contributed by atoms with van der Waals surface area (Å²) in [6, 6.07) is 7.08. The lowest BCUT2D eigenvalue weighted by Crippen LogP contribution is -2.53. The van der Waals surface area contributed by atoms with Crippen molar-refractivity contribution in [1.82, 2.24) is 0 Å². The van der Waals surface area contributed by atoms with Gasteiger partial charge < -0.3 is 15.4 Å². The van der Waals surface area contributed by atoms with Crippen LogP contribution in [0.15, 0.2) is 18.2 Å². The molecule has 1 saturated heterocycles. The van der Waals surface area contributed by atoms with Crippen LogP contribution in [0.2, 0.25) is 0 Å². The predicted octanol–water partition coefficient (Wildman–Crippen LogP) is 3.12. The molecule has 3 nitrogen and oxygen atoms in total. The number of nitrogens with zero attached hydrogens (tertiary/aromatic N) is 1. The predicted molar refractivity (Wildman–Crippen MR) is 82.1 cm³/mol. The van der Waals surface area contributed by atoms with Gasteiger partial charge in [-0.05, 0) is 62.6 Å². The quantitative estimate of drug-likeness (QED) is 0.798. The minimum absolute atomic E-state index is 0.223. The Kier molecular flexibility index (Phi) is 2.92. The Balaban J connectivity index is 1.61. The van der Waals surface area contributed by atoms with Crippen molar-refractivity contribution in [3.05, 3.63) is 23.8 Å². The Morgan fingerprint density at radius 3 is 2.95 bits per heavy atom. The van der Waals surface area contributed by atoms with E-state index in [-0.39, 0.29) is 5.60 Å². The number of fused-ring (bicyclic) bond motifs is 1. The zero-order chi connectivity index (χ0) is 13.6. The van der Waals surface area contributed by atoms with E-state index in [1.807, 2.05) is 6.07 Å². The Morgan fingerprint density at radius 1 is 1.25 bits per heavy atom. The van der Waals surface area contributed by atoms with Crippen LogP contribution in [-0.2, 0) is 11.2 Å². The third-order valence-electron chi connectivity index (χ3n) is 5.44. The lowest BCUT2D eigenvalue weighted by molar-refractivity contribution is -0.132. The molecule has 0 radical (unpaired) electrons. The van der Waals surface area contributed by atoms with Crippen molar-refractivity contribution in [2.75, 3.05) is 23.8 Å². The molecule has 1 unspecified atom stereocenters. The van der Waals surface area contributed by atoms with Gasteiger partial charge in [-0.25, -0.2) is 0 Å². The molecule has 4 rings (SSSR count). The molecular weight excluding hydrogens is 248 g/mol. The fourth-order valence-electron chi connectivity index (χ4n) is 4.19. The number of aryl methyl sites for hydroxylation is 1. The molecule has 3 heteroatoms. The van der Waals surface area contributed by atoms with Crippen LogP contribution in [0.4, 0.5) is 11.4 Å². The Hall–Kier alpha value is -1.22. The van der Waals surface area contributed by atoms with Gasteiger partial charge in [-0.3, -0.25) is 0 Å². The number of nitrogen functional groups attached to an aromatic ring is 1. The summed E-state index contributed by atoms with van der Waals surface area (Å²) in [5, 5.41) is 0. The van der Waals surface area contributed by atoms with Crippen LogP contribution in [0.3, 0.4) is 0 Å². The summed E-state index contributed by atoms with van der Waals surface area (Å²) in [7, 11) is 0. The van der Waals surface area contributed by atoms with Gasteiger partial charge in [0.05, 0.1) is 5.60 Å². The molecule has 1 spiro atoms. The van der Waals surface area contributed by atoms with Gasteiger partial charge in [0, 0.05) is 30.6 Å². The first-order valence-corrected chi connectivity index (χ1v) is 8.05. The molecule has 2 N–H and O–H groups in total. The van der Waals surface area contributed by atoms with E-state index in [0.29, 0.717) is 6.04 Å². The first kappa shape index (κ1) is 12.5. The van der Waals surface area contributed by atoms with Gasteiger partial charge in [0.2, 0.25) is 0 Å². The van der Waals surface area contributed by atoms with E-state index in [1.54, 1.807) is 0 Å². The number of hydrogen-bond donors (Lipinski definition) is 1. The monoisotopic (exact) mass is 272 g/mol. The summed E-state index contributed by atoms with van der Waals surface area (Å²) in [4.78, 5) is 2.62. The van der Waals surface area contributed by atoms with Crippen LogP contribution in [0.25, 0.3) is 0 Å². The van der Waals surface area contributed by atoms with E-state index in [0.717, 1.165) is 18.7 Å². The number of rotatable bonds is 1. The highest BCUT2D eigenvalue weighted by atomic mass is 16.5. The van der Waals surface area contributed by atoms with Crippen molar-refractivity contribution < 1.29 is 4.74 Å². The average molecular weight is 272 g/mol. The molecule has 1 atom stereocenters. The van der Waals surface area contributed by atoms with Crippen molar-refractivity contribution >= 4 is 11.4 Å². The normalized spacial score (nSPS) is 28.0. The maximum atomic E-state index is 6.08. The second-order valence-corrected chi connectivity index (χ2v) is 6.72. The topological polar surface area (TPSA) is 38.5 Å². The highest BCUT2D eigenvalue weighted by Crippen LogP contribution is 2.45. The first-order valence-electron chi connectivity index (χ1n) is 8.05. The van der Waals surface area contributed by atoms with E-state index in [4.69, 9.17) is 10.5 Å². The molecule has 20 heavy (non-hydrogen) atoms. The fraction of sp³-hybridized carbons (Fsp3) is 0.647. The van der Waals surface area contributed by atoms with Crippen molar-refractivity contribution in [3.63, 3.8) is 0 Å². The van der Waals surface area contributed by atoms with Crippen LogP contribution in [0.5, 0.6) is 0 Å². The van der Waals surface area contributed by atoms with Gasteiger partial charge in [0.15, 0.2) is 0 Å². The van der Waals surface area contributed by atoms with E-state index >= 15 is 0 Å². The van der Waals surface area contributed by atoms with Crippen molar-refractivity contribution in [3.8, 4) is 0 Å². The maximum absolute atomic E-state index is 6.08. The molecule has 2 heterocycles. The standard InChI is InChI=1S/C17H24N2O/c18-14-5-4-13-3-1-9-19(16(13)11-14)15-6-10-20-17(12-15)7-2-8-17/h4-5,11,15H,1-3,6-10,12,18H2. The number of anilines is 2. The maximum Gasteiger partial charge on any atom is 0.0702 e. The molecule has 1 aliphatic carbocycles. The van der Waals surface area contributed by atoms with Crippen LogP contribution >= 0.6 is 0 Å². The lowest BCUT2D eigenvalue weighted by Gasteiger charge is -2.51. The third kappa shape index (κ3) is 1.99. The van der Waals surface area contributed by atoms with Crippen molar-refractivity contribution in [2.24, 2.45) is 0 Å². The van der Waals surface area contributed by atoms with Crippen LogP contribution in [-0.4, -0.2) is 24.8 Å². The largest absolute Gasteiger partial charge is 0.399 e. The Morgan fingerprint density at radius 2 is 2.15 bits per heavy atom. The van der Waals surface area contributed by atoms with E-state index in [9.17, 15) is 0 Å². The molecule has 3 aliphatic rings. The zero-order valence-corrected chi connectivity index (χ0v) is 12.1. The van der Waals surface area contributed by atoms with E-state index < -0.39 is 0 Å². The van der Waals surface area contributed by atoms with Crippen LogP contribution < -0.4 is 10.6 Å². The minimum Gasteiger partial charge on any atom is -0.399 e. The highest BCUT2D eigenvalue weighted by molar-refractivity contribution is 5.63. The van der Waals surface area contributed by atoms with Crippen LogP contribution in [0.1, 0.15) is 44.1 Å². The molecule has 1 saturated carbocycles. The minimum atomic E-state index is 0.223. The molecule has 0 aromatic heterocycles. The average Bonchev–Trinajstić information content (AvgIpc) is 2.45. The summed E-state index contributed by atoms with van der Waals surface area (Å²) in [6.07, 6.45) is 8.71. The lowest BCUT2D eigenvalue weighted by atomic mass is 9.73. The number of hydrogen-bond acceptors (Lipinski definition) is 3. The van der Waals surface area contributed by atoms with Gasteiger partial charge in [-0.15, -0.1) is 0 Å². The molecule has 0 amide bonds. The van der Waals surface area contributed by atoms with E-state index in [1.165, 1.54) is 56.3 Å². The summed E-state index contributed by atoms with van der Waals surface area (Å²) < 4.78 is 6.08. The Bertz CT molecular complexity index is 510. The van der Waals surface area contributed by atoms with Gasteiger partial charge in [0.25, 0.3) is 0 Å². The summed E-state index contributed by atoms with van der Waals surface area (Å²) in [6.45, 7) is 2.11. The first-order chi connectivity index (χ1) is 9.76. The molecular formula is C17H24N2O. The SMILES string of the molecule is Nc1ccc2c(c1)N(C1CCOC3(CCC3)C1)CCC2. The molecule has 1 aromatic carbocycles.